The van der Waals surface area contributed by atoms with Gasteiger partial charge in [-0.05, 0) is 84.6 Å². The Morgan fingerprint density at radius 2 is 1.63 bits per heavy atom. The second-order valence-corrected chi connectivity index (χ2v) is 9.86. The van der Waals surface area contributed by atoms with Crippen molar-refractivity contribution in [3.8, 4) is 11.5 Å². The van der Waals surface area contributed by atoms with Gasteiger partial charge in [-0.15, -0.1) is 0 Å². The molecule has 38 heavy (non-hydrogen) atoms. The Morgan fingerprint density at radius 1 is 0.895 bits per heavy atom. The highest BCUT2D eigenvalue weighted by Gasteiger charge is 2.35. The average molecular weight is 524 g/mol. The van der Waals surface area contributed by atoms with Crippen LogP contribution < -0.4 is 4.74 Å². The third-order valence-corrected chi connectivity index (χ3v) is 7.17. The lowest BCUT2D eigenvalue weighted by atomic mass is 10.1. The maximum absolute atomic E-state index is 13.0. The van der Waals surface area contributed by atoms with Gasteiger partial charge in [-0.25, -0.2) is 0 Å². The summed E-state index contributed by atoms with van der Waals surface area (Å²) in [6.07, 6.45) is 1.50. The van der Waals surface area contributed by atoms with Gasteiger partial charge in [0.2, 0.25) is 0 Å². The summed E-state index contributed by atoms with van der Waals surface area (Å²) in [5, 5.41) is 20.5. The zero-order valence-corrected chi connectivity index (χ0v) is 21.7. The van der Waals surface area contributed by atoms with Crippen molar-refractivity contribution in [2.45, 2.75) is 13.8 Å². The van der Waals surface area contributed by atoms with E-state index in [2.05, 4.69) is 10.2 Å². The second kappa shape index (κ2) is 10.9. The highest BCUT2D eigenvalue weighted by Crippen LogP contribution is 2.35. The Morgan fingerprint density at radius 3 is 2.45 bits per heavy atom. The third kappa shape index (κ3) is 5.45. The molecule has 1 fully saturated rings. The lowest BCUT2D eigenvalue weighted by Crippen LogP contribution is -2.32. The average Bonchev–Trinajstić information content (AvgIpc) is 3.18. The number of carbonyl (C=O) groups is 2. The number of aryl methyl sites for hydroxylation is 2. The number of benzene rings is 4. The number of fused-ring (bicyclic) bond motifs is 1. The van der Waals surface area contributed by atoms with Crippen LogP contribution in [0.25, 0.3) is 16.8 Å². The van der Waals surface area contributed by atoms with Gasteiger partial charge in [0, 0.05) is 10.9 Å². The van der Waals surface area contributed by atoms with E-state index >= 15 is 0 Å². The fourth-order valence-corrected chi connectivity index (χ4v) is 4.88. The van der Waals surface area contributed by atoms with Crippen LogP contribution in [0.4, 0.5) is 16.2 Å². The first kappa shape index (κ1) is 25.2. The molecule has 7 nitrogen and oxygen atoms in total. The van der Waals surface area contributed by atoms with Gasteiger partial charge in [-0.1, -0.05) is 42.5 Å². The van der Waals surface area contributed by atoms with Crippen LogP contribution in [0.3, 0.4) is 0 Å². The number of imide groups is 1. The maximum atomic E-state index is 13.0. The fourth-order valence-electron chi connectivity index (χ4n) is 4.03. The monoisotopic (exact) mass is 523 g/mol. The molecule has 0 spiro atoms. The summed E-state index contributed by atoms with van der Waals surface area (Å²) in [5.41, 5.74) is 3.89. The lowest BCUT2D eigenvalue weighted by Gasteiger charge is -2.14. The highest BCUT2D eigenvalue weighted by molar-refractivity contribution is 8.18. The summed E-state index contributed by atoms with van der Waals surface area (Å²) >= 11 is 0.831. The summed E-state index contributed by atoms with van der Waals surface area (Å²) < 4.78 is 5.91. The van der Waals surface area contributed by atoms with E-state index in [0.29, 0.717) is 17.0 Å². The Balaban J connectivity index is 1.28. The summed E-state index contributed by atoms with van der Waals surface area (Å²) in [5.74, 6) is 0.242. The van der Waals surface area contributed by atoms with Gasteiger partial charge in [0.1, 0.15) is 18.1 Å². The van der Waals surface area contributed by atoms with Gasteiger partial charge in [0.25, 0.3) is 11.1 Å². The SMILES string of the molecule is Cc1ccc(N=Nc2ccc(O)c(/C=C3\SC(=O)N(CCOc4cccc5ccccc45)C3=O)c2)cc1C. The molecule has 8 heteroatoms. The minimum atomic E-state index is -0.428. The van der Waals surface area contributed by atoms with Crippen molar-refractivity contribution >= 4 is 51.1 Å². The number of thioether (sulfide) groups is 1. The number of azo groups is 1. The molecule has 0 aromatic heterocycles. The van der Waals surface area contributed by atoms with Crippen molar-refractivity contribution in [3.05, 3.63) is 100 Å². The van der Waals surface area contributed by atoms with Crippen LogP contribution in [0.15, 0.2) is 94.0 Å². The van der Waals surface area contributed by atoms with Crippen molar-refractivity contribution in [2.24, 2.45) is 10.2 Å². The summed E-state index contributed by atoms with van der Waals surface area (Å²) in [4.78, 5) is 26.9. The minimum absolute atomic E-state index is 0.0266. The topological polar surface area (TPSA) is 91.6 Å². The van der Waals surface area contributed by atoms with Gasteiger partial charge in [-0.2, -0.15) is 10.2 Å². The number of hydrogen-bond acceptors (Lipinski definition) is 7. The third-order valence-electron chi connectivity index (χ3n) is 6.26. The van der Waals surface area contributed by atoms with Gasteiger partial charge < -0.3 is 9.84 Å². The van der Waals surface area contributed by atoms with E-state index in [-0.39, 0.29) is 29.0 Å². The predicted octanol–water partition coefficient (Wildman–Crippen LogP) is 7.69. The van der Waals surface area contributed by atoms with Crippen molar-refractivity contribution in [3.63, 3.8) is 0 Å². The fraction of sp³-hybridized carbons (Fsp3) is 0.133. The molecule has 0 unspecified atom stereocenters. The van der Waals surface area contributed by atoms with Crippen molar-refractivity contribution in [1.82, 2.24) is 4.90 Å². The van der Waals surface area contributed by atoms with Crippen molar-refractivity contribution in [1.29, 1.82) is 0 Å². The standard InChI is InChI=1S/C30H25N3O4S/c1-19-10-11-23(16-20(19)2)31-32-24-12-13-26(34)22(17-24)18-28-29(35)33(30(36)38-28)14-15-37-27-9-5-7-21-6-3-4-8-25(21)27/h3-13,16-18,34H,14-15H2,1-2H3/b28-18-,32-31?. The molecule has 0 aliphatic carbocycles. The van der Waals surface area contributed by atoms with E-state index in [1.807, 2.05) is 74.5 Å². The first-order valence-electron chi connectivity index (χ1n) is 12.1. The van der Waals surface area contributed by atoms with Crippen molar-refractivity contribution in [2.75, 3.05) is 13.2 Å². The first-order valence-corrected chi connectivity index (χ1v) is 12.9. The molecule has 0 saturated carbocycles. The summed E-state index contributed by atoms with van der Waals surface area (Å²) in [6.45, 7) is 4.32. The van der Waals surface area contributed by atoms with E-state index in [0.717, 1.165) is 38.7 Å². The van der Waals surface area contributed by atoms with Gasteiger partial charge in [0.15, 0.2) is 0 Å². The van der Waals surface area contributed by atoms with Crippen LogP contribution in [-0.2, 0) is 4.79 Å². The number of phenolic OH excluding ortho intramolecular Hbond substituents is 1. The number of nitrogens with zero attached hydrogens (tertiary/aromatic N) is 3. The molecule has 190 valence electrons. The normalized spacial score (nSPS) is 14.8. The number of rotatable bonds is 7. The molecule has 4 aromatic rings. The van der Waals surface area contributed by atoms with Crippen LogP contribution in [0, 0.1) is 13.8 Å². The van der Waals surface area contributed by atoms with E-state index in [1.54, 1.807) is 12.1 Å². The Kier molecular flexibility index (Phi) is 7.24. The summed E-state index contributed by atoms with van der Waals surface area (Å²) in [7, 11) is 0. The Hall–Kier alpha value is -4.43. The smallest absolute Gasteiger partial charge is 0.293 e. The molecule has 4 aromatic carbocycles. The van der Waals surface area contributed by atoms with E-state index in [4.69, 9.17) is 4.74 Å². The van der Waals surface area contributed by atoms with Crippen molar-refractivity contribution < 1.29 is 19.4 Å². The maximum Gasteiger partial charge on any atom is 0.293 e. The number of amides is 2. The second-order valence-electron chi connectivity index (χ2n) is 8.87. The van der Waals surface area contributed by atoms with Gasteiger partial charge in [0.05, 0.1) is 22.8 Å². The van der Waals surface area contributed by atoms with Crippen LogP contribution in [-0.4, -0.2) is 34.3 Å². The molecule has 0 radical (unpaired) electrons. The number of hydrogen-bond donors (Lipinski definition) is 1. The zero-order chi connectivity index (χ0) is 26.6. The number of phenols is 1. The van der Waals surface area contributed by atoms with Gasteiger partial charge in [-0.3, -0.25) is 14.5 Å². The number of aromatic hydroxyl groups is 1. The summed E-state index contributed by atoms with van der Waals surface area (Å²) in [6, 6.07) is 24.2. The Bertz CT molecular complexity index is 1610. The van der Waals surface area contributed by atoms with Crippen LogP contribution >= 0.6 is 11.8 Å². The van der Waals surface area contributed by atoms with E-state index in [1.165, 1.54) is 17.7 Å². The quantitative estimate of drug-likeness (QED) is 0.198. The molecule has 1 heterocycles. The van der Waals surface area contributed by atoms with Crippen LogP contribution in [0.5, 0.6) is 11.5 Å². The largest absolute Gasteiger partial charge is 0.507 e. The number of ether oxygens (including phenoxy) is 1. The first-order chi connectivity index (χ1) is 18.4. The molecular weight excluding hydrogens is 498 g/mol. The molecular formula is C30H25N3O4S. The molecule has 1 aliphatic rings. The molecule has 1 N–H and O–H groups in total. The van der Waals surface area contributed by atoms with E-state index in [9.17, 15) is 14.7 Å². The molecule has 2 amide bonds. The molecule has 5 rings (SSSR count). The number of carbonyl (C=O) groups excluding carboxylic acids is 2. The van der Waals surface area contributed by atoms with Crippen LogP contribution in [0.2, 0.25) is 0 Å². The molecule has 0 bridgehead atoms. The van der Waals surface area contributed by atoms with Crippen LogP contribution in [0.1, 0.15) is 16.7 Å². The minimum Gasteiger partial charge on any atom is -0.507 e. The zero-order valence-electron chi connectivity index (χ0n) is 20.9. The van der Waals surface area contributed by atoms with Gasteiger partial charge >= 0.3 is 0 Å². The molecule has 0 atom stereocenters. The lowest BCUT2D eigenvalue weighted by molar-refractivity contribution is -0.123. The molecule has 1 aliphatic heterocycles. The highest BCUT2D eigenvalue weighted by atomic mass is 32.2. The Labute approximate surface area is 224 Å². The predicted molar refractivity (Wildman–Crippen MR) is 150 cm³/mol. The molecule has 1 saturated heterocycles. The van der Waals surface area contributed by atoms with E-state index < -0.39 is 5.91 Å².